The van der Waals surface area contributed by atoms with E-state index in [-0.39, 0.29) is 27.8 Å². The zero-order valence-corrected chi connectivity index (χ0v) is 30.7. The molecule has 3 aromatic rings. The van der Waals surface area contributed by atoms with Gasteiger partial charge in [-0.2, -0.15) is 0 Å². The summed E-state index contributed by atoms with van der Waals surface area (Å²) in [5.74, 6) is 0.322. The van der Waals surface area contributed by atoms with Crippen molar-refractivity contribution in [3.63, 3.8) is 0 Å². The van der Waals surface area contributed by atoms with Crippen molar-refractivity contribution in [1.82, 2.24) is 9.21 Å². The smallest absolute Gasteiger partial charge is 0.339 e. The van der Waals surface area contributed by atoms with E-state index in [0.29, 0.717) is 11.4 Å². The second-order valence-corrected chi connectivity index (χ2v) is 20.0. The fourth-order valence-electron chi connectivity index (χ4n) is 5.44. The van der Waals surface area contributed by atoms with Crippen LogP contribution in [0.25, 0.3) is 11.4 Å². The van der Waals surface area contributed by atoms with Gasteiger partial charge in [0, 0.05) is 17.5 Å². The van der Waals surface area contributed by atoms with Crippen molar-refractivity contribution in [2.24, 2.45) is 0 Å². The number of benzene rings is 3. The number of allylic oxidation sites excluding steroid dienone is 2. The Morgan fingerprint density at radius 3 is 2.19 bits per heavy atom. The number of carbonyl (C=O) groups is 1. The molecule has 0 aromatic heterocycles. The molecule has 252 valence electrons. The molecule has 3 aromatic carbocycles. The third-order valence-electron chi connectivity index (χ3n) is 9.16. The molecule has 2 aliphatic rings. The highest BCUT2D eigenvalue weighted by atomic mass is 32.2. The van der Waals surface area contributed by atoms with Gasteiger partial charge in [0.2, 0.25) is 8.32 Å². The van der Waals surface area contributed by atoms with Crippen LogP contribution in [0.2, 0.25) is 18.1 Å². The minimum atomic E-state index is -4.15. The maximum Gasteiger partial charge on any atom is 0.339 e. The number of hydrogen-bond acceptors (Lipinski definition) is 7. The van der Waals surface area contributed by atoms with Crippen LogP contribution >= 0.6 is 0 Å². The molecular weight excluding hydrogens is 641 g/mol. The van der Waals surface area contributed by atoms with E-state index < -0.39 is 30.4 Å². The summed E-state index contributed by atoms with van der Waals surface area (Å²) in [6, 6.07) is 23.3. The summed E-state index contributed by atoms with van der Waals surface area (Å²) in [6.07, 6.45) is 7.44. The van der Waals surface area contributed by atoms with Gasteiger partial charge in [-0.1, -0.05) is 93.1 Å². The molecule has 0 saturated heterocycles. The van der Waals surface area contributed by atoms with Crippen LogP contribution in [0.3, 0.4) is 0 Å². The van der Waals surface area contributed by atoms with Crippen molar-refractivity contribution in [3.05, 3.63) is 131 Å². The van der Waals surface area contributed by atoms with Gasteiger partial charge in [-0.3, -0.25) is 4.31 Å². The zero-order valence-electron chi connectivity index (χ0n) is 28.9. The molecule has 2 aliphatic heterocycles. The van der Waals surface area contributed by atoms with Crippen LogP contribution < -0.4 is 4.74 Å². The summed E-state index contributed by atoms with van der Waals surface area (Å²) in [5, 5.41) is -0.247. The standard InChI is InChI=1S/C38H44N2O6SSi/c1-27-20-22-31(23-21-27)47(42,43)39-25-34(28-14-10-9-11-15-28)40-32(29-16-12-17-30(24-29)44-5)18-13-19-33(40)36(37(41)45-6)35(26-39)46-48(7,8)38(2,3)4/h9-25,33H,26H2,1-8H3/b34-25-,36-35-. The third kappa shape index (κ3) is 6.86. The SMILES string of the molecule is COC(=O)/C1=C(\O[Si](C)(C)C(C)(C)C)CN(S(=O)(=O)c2ccc(C)cc2)/C=C(/c2ccccc2)N2C(c3cccc(OC)c3)=CC=CC12. The second-order valence-electron chi connectivity index (χ2n) is 13.4. The molecule has 48 heavy (non-hydrogen) atoms. The average Bonchev–Trinajstić information content (AvgIpc) is 3.05. The number of sulfonamides is 1. The number of hydrogen-bond donors (Lipinski definition) is 0. The summed E-state index contributed by atoms with van der Waals surface area (Å²) >= 11 is 0. The first kappa shape index (κ1) is 34.8. The molecular formula is C38H44N2O6SSi. The minimum absolute atomic E-state index is 0.127. The number of aryl methyl sites for hydroxylation is 1. The Morgan fingerprint density at radius 1 is 0.896 bits per heavy atom. The lowest BCUT2D eigenvalue weighted by molar-refractivity contribution is -0.136. The summed E-state index contributed by atoms with van der Waals surface area (Å²) in [6.45, 7) is 12.2. The Bertz CT molecular complexity index is 1910. The van der Waals surface area contributed by atoms with Crippen LogP contribution in [-0.4, -0.2) is 58.7 Å². The average molecular weight is 685 g/mol. The Labute approximate surface area is 285 Å². The predicted molar refractivity (Wildman–Crippen MR) is 193 cm³/mol. The molecule has 0 amide bonds. The summed E-state index contributed by atoms with van der Waals surface area (Å²) < 4.78 is 48.5. The van der Waals surface area contributed by atoms with Crippen molar-refractivity contribution in [1.29, 1.82) is 0 Å². The fraction of sp³-hybridized carbons (Fsp3) is 0.289. The van der Waals surface area contributed by atoms with E-state index in [4.69, 9.17) is 13.9 Å². The molecule has 8 nitrogen and oxygen atoms in total. The molecule has 5 rings (SSSR count). The predicted octanol–water partition coefficient (Wildman–Crippen LogP) is 7.74. The molecule has 0 bridgehead atoms. The van der Waals surface area contributed by atoms with E-state index in [2.05, 4.69) is 33.9 Å². The van der Waals surface area contributed by atoms with Gasteiger partial charge in [-0.15, -0.1) is 0 Å². The lowest BCUT2D eigenvalue weighted by Crippen LogP contribution is -2.46. The second kappa shape index (κ2) is 13.5. The van der Waals surface area contributed by atoms with E-state index in [1.54, 1.807) is 37.6 Å². The summed E-state index contributed by atoms with van der Waals surface area (Å²) in [7, 11) is -3.82. The van der Waals surface area contributed by atoms with Crippen LogP contribution in [0.1, 0.15) is 37.5 Å². The molecule has 0 fully saturated rings. The van der Waals surface area contributed by atoms with Gasteiger partial charge in [-0.05, 0) is 61.0 Å². The first-order valence-electron chi connectivity index (χ1n) is 15.9. The van der Waals surface area contributed by atoms with Crippen LogP contribution in [-0.2, 0) is 24.0 Å². The lowest BCUT2D eigenvalue weighted by atomic mass is 9.94. The van der Waals surface area contributed by atoms with Gasteiger partial charge in [0.1, 0.15) is 17.1 Å². The maximum atomic E-state index is 14.6. The zero-order chi connectivity index (χ0) is 34.9. The van der Waals surface area contributed by atoms with Gasteiger partial charge in [0.05, 0.1) is 37.4 Å². The first-order chi connectivity index (χ1) is 22.7. The monoisotopic (exact) mass is 684 g/mol. The highest BCUT2D eigenvalue weighted by Gasteiger charge is 2.44. The highest BCUT2D eigenvalue weighted by molar-refractivity contribution is 7.89. The Balaban J connectivity index is 1.87. The molecule has 1 unspecified atom stereocenters. The van der Waals surface area contributed by atoms with Crippen LogP contribution in [0.4, 0.5) is 0 Å². The number of methoxy groups -OCH3 is 2. The molecule has 0 spiro atoms. The summed E-state index contributed by atoms with van der Waals surface area (Å²) in [5.41, 5.74) is 4.05. The highest BCUT2D eigenvalue weighted by Crippen LogP contribution is 2.43. The van der Waals surface area contributed by atoms with Crippen molar-refractivity contribution in [3.8, 4) is 5.75 Å². The minimum Gasteiger partial charge on any atom is -0.545 e. The van der Waals surface area contributed by atoms with E-state index in [1.165, 1.54) is 11.4 Å². The van der Waals surface area contributed by atoms with Gasteiger partial charge in [0.25, 0.3) is 10.0 Å². The lowest BCUT2D eigenvalue weighted by Gasteiger charge is -2.43. The van der Waals surface area contributed by atoms with Crippen molar-refractivity contribution in [2.45, 2.75) is 56.8 Å². The molecule has 2 heterocycles. The maximum absolute atomic E-state index is 14.6. The molecule has 0 saturated carbocycles. The number of carbonyl (C=O) groups excluding carboxylic acids is 1. The Kier molecular flexibility index (Phi) is 9.80. The molecule has 0 radical (unpaired) electrons. The normalized spacial score (nSPS) is 19.7. The van der Waals surface area contributed by atoms with E-state index in [1.807, 2.05) is 84.6 Å². The fourth-order valence-corrected chi connectivity index (χ4v) is 7.82. The van der Waals surface area contributed by atoms with Gasteiger partial charge < -0.3 is 18.8 Å². The number of esters is 1. The van der Waals surface area contributed by atoms with Crippen LogP contribution in [0.15, 0.2) is 120 Å². The Hall–Kier alpha value is -4.54. The largest absolute Gasteiger partial charge is 0.545 e. The molecule has 1 atom stereocenters. The van der Waals surface area contributed by atoms with Crippen LogP contribution in [0.5, 0.6) is 5.75 Å². The third-order valence-corrected chi connectivity index (χ3v) is 15.2. The number of rotatable bonds is 8. The van der Waals surface area contributed by atoms with E-state index >= 15 is 0 Å². The van der Waals surface area contributed by atoms with Gasteiger partial charge in [0.15, 0.2) is 0 Å². The number of fused-ring (bicyclic) bond motifs is 1. The Morgan fingerprint density at radius 2 is 1.56 bits per heavy atom. The van der Waals surface area contributed by atoms with Crippen LogP contribution in [0, 0.1) is 6.92 Å². The summed E-state index contributed by atoms with van der Waals surface area (Å²) in [4.78, 5) is 16.2. The van der Waals surface area contributed by atoms with E-state index in [0.717, 1.165) is 22.4 Å². The molecule has 10 heteroatoms. The number of nitrogens with zero attached hydrogens (tertiary/aromatic N) is 2. The van der Waals surface area contributed by atoms with Crippen molar-refractivity contribution < 1.29 is 27.1 Å². The first-order valence-corrected chi connectivity index (χ1v) is 20.2. The van der Waals surface area contributed by atoms with Crippen molar-refractivity contribution >= 4 is 35.7 Å². The number of ether oxygens (including phenoxy) is 2. The topological polar surface area (TPSA) is 85.4 Å². The van der Waals surface area contributed by atoms with Gasteiger partial charge >= 0.3 is 5.97 Å². The quantitative estimate of drug-likeness (QED) is 0.177. The molecule has 0 aliphatic carbocycles. The molecule has 0 N–H and O–H groups in total. The van der Waals surface area contributed by atoms with Crippen molar-refractivity contribution in [2.75, 3.05) is 20.8 Å². The van der Waals surface area contributed by atoms with Gasteiger partial charge in [-0.25, -0.2) is 13.2 Å². The van der Waals surface area contributed by atoms with E-state index in [9.17, 15) is 13.2 Å².